The molecule has 0 saturated heterocycles. The molecule has 1 amide bonds. The first-order valence-corrected chi connectivity index (χ1v) is 5.37. The van der Waals surface area contributed by atoms with Crippen LogP contribution in [0.15, 0.2) is 29.8 Å². The fourth-order valence-electron chi connectivity index (χ4n) is 1.40. The van der Waals surface area contributed by atoms with Crippen LogP contribution in [-0.2, 0) is 10.2 Å². The van der Waals surface area contributed by atoms with E-state index < -0.39 is 5.91 Å². The highest BCUT2D eigenvalue weighted by Crippen LogP contribution is 2.22. The second-order valence-electron chi connectivity index (χ2n) is 4.91. The number of nitrogens with two attached hydrogens (primary N) is 1. The van der Waals surface area contributed by atoms with Crippen molar-refractivity contribution in [3.63, 3.8) is 0 Å². The molecule has 17 heavy (non-hydrogen) atoms. The molecule has 3 nitrogen and oxygen atoms in total. The molecule has 0 spiro atoms. The van der Waals surface area contributed by atoms with Crippen LogP contribution >= 0.6 is 0 Å². The Hall–Kier alpha value is -2.08. The lowest BCUT2D eigenvalue weighted by atomic mass is 9.86. The summed E-state index contributed by atoms with van der Waals surface area (Å²) in [6, 6.07) is 9.51. The van der Waals surface area contributed by atoms with Crippen LogP contribution in [0.5, 0.6) is 0 Å². The minimum absolute atomic E-state index is 0.0338. The third-order valence-electron chi connectivity index (χ3n) is 2.47. The molecule has 88 valence electrons. The van der Waals surface area contributed by atoms with Gasteiger partial charge in [-0.15, -0.1) is 0 Å². The summed E-state index contributed by atoms with van der Waals surface area (Å²) in [7, 11) is 0. The van der Waals surface area contributed by atoms with Crippen molar-refractivity contribution in [1.82, 2.24) is 0 Å². The van der Waals surface area contributed by atoms with E-state index in [1.54, 1.807) is 6.07 Å². The molecule has 0 aliphatic rings. The van der Waals surface area contributed by atoms with Gasteiger partial charge in [0.1, 0.15) is 11.6 Å². The summed E-state index contributed by atoms with van der Waals surface area (Å²) in [5, 5.41) is 8.72. The van der Waals surface area contributed by atoms with Gasteiger partial charge in [0.05, 0.1) is 0 Å². The Kier molecular flexibility index (Phi) is 3.69. The molecule has 0 heterocycles. The van der Waals surface area contributed by atoms with Gasteiger partial charge < -0.3 is 5.73 Å². The van der Waals surface area contributed by atoms with E-state index in [2.05, 4.69) is 20.8 Å². The maximum Gasteiger partial charge on any atom is 0.259 e. The van der Waals surface area contributed by atoms with Crippen molar-refractivity contribution in [3.05, 3.63) is 41.0 Å². The molecule has 0 atom stereocenters. The number of amides is 1. The van der Waals surface area contributed by atoms with Crippen molar-refractivity contribution < 1.29 is 4.79 Å². The quantitative estimate of drug-likeness (QED) is 0.623. The molecule has 0 aliphatic carbocycles. The van der Waals surface area contributed by atoms with Crippen molar-refractivity contribution in [1.29, 1.82) is 5.26 Å². The van der Waals surface area contributed by atoms with E-state index >= 15 is 0 Å². The topological polar surface area (TPSA) is 66.9 Å². The zero-order valence-electron chi connectivity index (χ0n) is 10.3. The zero-order chi connectivity index (χ0) is 13.1. The SMILES string of the molecule is CC(C)(C)c1ccc(/C=C(/C#N)C(N)=O)cc1. The Bertz CT molecular complexity index is 484. The molecule has 1 aromatic rings. The van der Waals surface area contributed by atoms with Gasteiger partial charge in [-0.25, -0.2) is 0 Å². The van der Waals surface area contributed by atoms with Crippen LogP contribution in [0.3, 0.4) is 0 Å². The normalized spacial score (nSPS) is 12.0. The van der Waals surface area contributed by atoms with E-state index in [1.165, 1.54) is 11.6 Å². The number of hydrogen-bond acceptors (Lipinski definition) is 2. The average molecular weight is 228 g/mol. The van der Waals surface area contributed by atoms with Crippen molar-refractivity contribution in [2.24, 2.45) is 5.73 Å². The van der Waals surface area contributed by atoms with Crippen LogP contribution in [0.25, 0.3) is 6.08 Å². The minimum atomic E-state index is -0.701. The Morgan fingerprint density at radius 3 is 2.18 bits per heavy atom. The van der Waals surface area contributed by atoms with E-state index in [-0.39, 0.29) is 11.0 Å². The lowest BCUT2D eigenvalue weighted by molar-refractivity contribution is -0.114. The van der Waals surface area contributed by atoms with E-state index in [0.29, 0.717) is 0 Å². The molecule has 0 saturated carbocycles. The summed E-state index contributed by atoms with van der Waals surface area (Å²) in [5.74, 6) is -0.701. The first kappa shape index (κ1) is 13.0. The zero-order valence-corrected chi connectivity index (χ0v) is 10.3. The second kappa shape index (κ2) is 4.84. The summed E-state index contributed by atoms with van der Waals surface area (Å²) in [6.45, 7) is 6.38. The number of nitriles is 1. The molecule has 0 bridgehead atoms. The Labute approximate surface area is 102 Å². The Balaban J connectivity index is 3.05. The Morgan fingerprint density at radius 2 is 1.82 bits per heavy atom. The van der Waals surface area contributed by atoms with Crippen molar-refractivity contribution in [3.8, 4) is 6.07 Å². The molecule has 0 unspecified atom stereocenters. The van der Waals surface area contributed by atoms with Crippen LogP contribution in [0.2, 0.25) is 0 Å². The van der Waals surface area contributed by atoms with E-state index in [1.807, 2.05) is 24.3 Å². The van der Waals surface area contributed by atoms with Gasteiger partial charge in [-0.05, 0) is 22.6 Å². The van der Waals surface area contributed by atoms with Crippen LogP contribution in [0, 0.1) is 11.3 Å². The number of primary amides is 1. The predicted molar refractivity (Wildman–Crippen MR) is 67.9 cm³/mol. The first-order chi connectivity index (χ1) is 7.84. The molecule has 1 rings (SSSR count). The number of benzene rings is 1. The molecule has 2 N–H and O–H groups in total. The van der Waals surface area contributed by atoms with Crippen LogP contribution in [-0.4, -0.2) is 5.91 Å². The monoisotopic (exact) mass is 228 g/mol. The maximum absolute atomic E-state index is 10.9. The molecule has 3 heteroatoms. The minimum Gasteiger partial charge on any atom is -0.365 e. The lowest BCUT2D eigenvalue weighted by Crippen LogP contribution is -2.12. The lowest BCUT2D eigenvalue weighted by Gasteiger charge is -2.18. The molecular weight excluding hydrogens is 212 g/mol. The van der Waals surface area contributed by atoms with Crippen molar-refractivity contribution in [2.45, 2.75) is 26.2 Å². The maximum atomic E-state index is 10.9. The number of hydrogen-bond donors (Lipinski definition) is 1. The van der Waals surface area contributed by atoms with Gasteiger partial charge >= 0.3 is 0 Å². The standard InChI is InChI=1S/C14H16N2O/c1-14(2,3)12-6-4-10(5-7-12)8-11(9-15)13(16)17/h4-8H,1-3H3,(H2,16,17)/b11-8-. The highest BCUT2D eigenvalue weighted by molar-refractivity contribution is 6.00. The number of nitrogens with zero attached hydrogens (tertiary/aromatic N) is 1. The highest BCUT2D eigenvalue weighted by atomic mass is 16.1. The highest BCUT2D eigenvalue weighted by Gasteiger charge is 2.12. The van der Waals surface area contributed by atoms with Crippen LogP contribution in [0.1, 0.15) is 31.9 Å². The van der Waals surface area contributed by atoms with Gasteiger partial charge in [-0.1, -0.05) is 45.0 Å². The van der Waals surface area contributed by atoms with Gasteiger partial charge in [-0.3, -0.25) is 4.79 Å². The number of carbonyl (C=O) groups is 1. The third kappa shape index (κ3) is 3.46. The van der Waals surface area contributed by atoms with Crippen molar-refractivity contribution >= 4 is 12.0 Å². The van der Waals surface area contributed by atoms with Gasteiger partial charge in [0.25, 0.3) is 5.91 Å². The largest absolute Gasteiger partial charge is 0.365 e. The summed E-state index contributed by atoms with van der Waals surface area (Å²) in [5.41, 5.74) is 7.12. The molecule has 0 aromatic heterocycles. The van der Waals surface area contributed by atoms with Crippen LogP contribution in [0.4, 0.5) is 0 Å². The summed E-state index contributed by atoms with van der Waals surface area (Å²) in [6.07, 6.45) is 1.49. The fraction of sp³-hybridized carbons (Fsp3) is 0.286. The second-order valence-corrected chi connectivity index (χ2v) is 4.91. The summed E-state index contributed by atoms with van der Waals surface area (Å²) >= 11 is 0. The average Bonchev–Trinajstić information content (AvgIpc) is 2.25. The third-order valence-corrected chi connectivity index (χ3v) is 2.47. The van der Waals surface area contributed by atoms with Gasteiger partial charge in [0.2, 0.25) is 0 Å². The summed E-state index contributed by atoms with van der Waals surface area (Å²) < 4.78 is 0. The van der Waals surface area contributed by atoms with E-state index in [9.17, 15) is 4.79 Å². The number of rotatable bonds is 2. The van der Waals surface area contributed by atoms with Crippen LogP contribution < -0.4 is 5.73 Å². The first-order valence-electron chi connectivity index (χ1n) is 5.37. The summed E-state index contributed by atoms with van der Waals surface area (Å²) in [4.78, 5) is 10.9. The van der Waals surface area contributed by atoms with E-state index in [4.69, 9.17) is 11.0 Å². The van der Waals surface area contributed by atoms with Gasteiger partial charge in [0, 0.05) is 0 Å². The molecule has 1 aromatic carbocycles. The molecule has 0 radical (unpaired) electrons. The molecular formula is C14H16N2O. The predicted octanol–water partition coefficient (Wildman–Crippen LogP) is 2.38. The fourth-order valence-corrected chi connectivity index (χ4v) is 1.40. The van der Waals surface area contributed by atoms with Gasteiger partial charge in [-0.2, -0.15) is 5.26 Å². The molecule has 0 fully saturated rings. The number of carbonyl (C=O) groups excluding carboxylic acids is 1. The van der Waals surface area contributed by atoms with Crippen molar-refractivity contribution in [2.75, 3.05) is 0 Å². The smallest absolute Gasteiger partial charge is 0.259 e. The van der Waals surface area contributed by atoms with Gasteiger partial charge in [0.15, 0.2) is 0 Å². The van der Waals surface area contributed by atoms with E-state index in [0.717, 1.165) is 5.56 Å². The molecule has 0 aliphatic heterocycles. The Morgan fingerprint density at radius 1 is 1.29 bits per heavy atom.